The first-order chi connectivity index (χ1) is 16.7. The van der Waals surface area contributed by atoms with E-state index in [4.69, 9.17) is 11.1 Å². The predicted molar refractivity (Wildman–Crippen MR) is 139 cm³/mol. The Morgan fingerprint density at radius 1 is 1.03 bits per heavy atom. The molecule has 7 heteroatoms. The summed E-state index contributed by atoms with van der Waals surface area (Å²) in [4.78, 5) is 23.3. The first-order valence-corrected chi connectivity index (χ1v) is 10.9. The smallest absolute Gasteiger partial charge is 0.307 e. The van der Waals surface area contributed by atoms with E-state index in [0.29, 0.717) is 5.56 Å². The molecule has 1 atom stereocenters. The lowest BCUT2D eigenvalue weighted by Crippen LogP contribution is -2.34. The van der Waals surface area contributed by atoms with Gasteiger partial charge >= 0.3 is 5.97 Å². The van der Waals surface area contributed by atoms with Crippen molar-refractivity contribution in [1.29, 1.82) is 5.41 Å². The summed E-state index contributed by atoms with van der Waals surface area (Å²) in [5.74, 6) is -0.415. The van der Waals surface area contributed by atoms with Gasteiger partial charge in [-0.05, 0) is 43.2 Å². The molecule has 3 rings (SSSR count). The van der Waals surface area contributed by atoms with Crippen LogP contribution in [0.5, 0.6) is 0 Å². The number of nitrogens with one attached hydrogen (secondary N) is 2. The Morgan fingerprint density at radius 2 is 1.60 bits per heavy atom. The van der Waals surface area contributed by atoms with Crippen LogP contribution >= 0.6 is 0 Å². The van der Waals surface area contributed by atoms with E-state index in [0.717, 1.165) is 22.3 Å². The monoisotopic (exact) mass is 473 g/mol. The number of esters is 1. The minimum Gasteiger partial charge on any atom is -0.469 e. The number of nitrogens with zero attached hydrogens (tertiary/aromatic N) is 1. The van der Waals surface area contributed by atoms with Crippen LogP contribution in [0.4, 0.5) is 0 Å². The van der Waals surface area contributed by atoms with Crippen LogP contribution in [0.2, 0.25) is 0 Å². The molecule has 182 valence electrons. The first kappa shape index (κ1) is 28.6. The third-order valence-corrected chi connectivity index (χ3v) is 4.87. The summed E-state index contributed by atoms with van der Waals surface area (Å²) in [7, 11) is 3.30. The highest BCUT2D eigenvalue weighted by molar-refractivity contribution is 5.95. The minimum absolute atomic E-state index is 0.128. The van der Waals surface area contributed by atoms with Crippen LogP contribution in [-0.2, 0) is 16.6 Å². The maximum Gasteiger partial charge on any atom is 0.307 e. The molecule has 1 heterocycles. The van der Waals surface area contributed by atoms with E-state index in [1.54, 1.807) is 19.1 Å². The fraction of sp³-hybridized carbons (Fsp3) is 0.214. The molecular weight excluding hydrogens is 440 g/mol. The number of pyridine rings is 1. The Balaban J connectivity index is 0.000000425. The van der Waals surface area contributed by atoms with Gasteiger partial charge in [0.05, 0.1) is 13.5 Å². The second kappa shape index (κ2) is 14.7. The number of hydrogen-bond acceptors (Lipinski definition) is 4. The van der Waals surface area contributed by atoms with E-state index >= 15 is 0 Å². The van der Waals surface area contributed by atoms with Crippen LogP contribution < -0.4 is 15.6 Å². The molecule has 4 N–H and O–H groups in total. The van der Waals surface area contributed by atoms with Crippen molar-refractivity contribution in [2.45, 2.75) is 26.3 Å². The fourth-order valence-corrected chi connectivity index (χ4v) is 3.01. The average molecular weight is 474 g/mol. The molecule has 35 heavy (non-hydrogen) atoms. The molecule has 1 amide bonds. The molecule has 0 fully saturated rings. The second-order valence-corrected chi connectivity index (χ2v) is 7.77. The molecule has 0 radical (unpaired) electrons. The summed E-state index contributed by atoms with van der Waals surface area (Å²) >= 11 is 0. The summed E-state index contributed by atoms with van der Waals surface area (Å²) < 4.78 is 6.56. The molecule has 0 unspecified atom stereocenters. The van der Waals surface area contributed by atoms with E-state index in [1.807, 2.05) is 79.5 Å². The Morgan fingerprint density at radius 3 is 2.09 bits per heavy atom. The maximum atomic E-state index is 12.2. The van der Waals surface area contributed by atoms with Gasteiger partial charge < -0.3 is 15.8 Å². The third-order valence-electron chi connectivity index (χ3n) is 4.87. The van der Waals surface area contributed by atoms with Crippen molar-refractivity contribution in [3.05, 3.63) is 89.7 Å². The zero-order valence-corrected chi connectivity index (χ0v) is 20.6. The molecule has 3 aromatic rings. The van der Waals surface area contributed by atoms with Crippen molar-refractivity contribution < 1.29 is 18.9 Å². The van der Waals surface area contributed by atoms with Gasteiger partial charge in [0.1, 0.15) is 12.9 Å². The number of aromatic nitrogens is 1. The lowest BCUT2D eigenvalue weighted by Gasteiger charge is -2.12. The number of ether oxygens (including phenoxy) is 1. The molecule has 7 nitrogen and oxygen atoms in total. The number of nitrogen functional groups attached to an aromatic ring is 1. The SMILES string of the molecule is C#C.COC(=O)C[C@@H](C)NC(=O)c1ccc(-c2cc[n+](C)cc2)cc1.Cc1cccc(C(=N)N)c1. The van der Waals surface area contributed by atoms with Gasteiger partial charge in [-0.1, -0.05) is 35.9 Å². The Labute approximate surface area is 207 Å². The van der Waals surface area contributed by atoms with Crippen LogP contribution in [0.15, 0.2) is 73.1 Å². The van der Waals surface area contributed by atoms with Crippen LogP contribution in [-0.4, -0.2) is 30.9 Å². The quantitative estimate of drug-likeness (QED) is 0.168. The highest BCUT2D eigenvalue weighted by atomic mass is 16.5. The molecule has 0 saturated heterocycles. The normalized spacial score (nSPS) is 10.3. The molecule has 0 bridgehead atoms. The molecule has 0 aliphatic rings. The van der Waals surface area contributed by atoms with Gasteiger partial charge in [0.15, 0.2) is 12.4 Å². The van der Waals surface area contributed by atoms with E-state index in [2.05, 4.69) is 22.9 Å². The van der Waals surface area contributed by atoms with Gasteiger partial charge in [0.2, 0.25) is 0 Å². The topological polar surface area (TPSA) is 109 Å². The Bertz CT molecular complexity index is 1140. The number of rotatable bonds is 6. The van der Waals surface area contributed by atoms with Crippen molar-refractivity contribution in [2.24, 2.45) is 12.8 Å². The van der Waals surface area contributed by atoms with E-state index in [9.17, 15) is 9.59 Å². The van der Waals surface area contributed by atoms with E-state index in [1.165, 1.54) is 7.11 Å². The Kier molecular flexibility index (Phi) is 12.0. The molecular formula is C28H33N4O3+. The lowest BCUT2D eigenvalue weighted by atomic mass is 10.0. The average Bonchev–Trinajstić information content (AvgIpc) is 2.86. The molecule has 0 saturated carbocycles. The fourth-order valence-electron chi connectivity index (χ4n) is 3.01. The number of benzene rings is 2. The van der Waals surface area contributed by atoms with E-state index < -0.39 is 0 Å². The van der Waals surface area contributed by atoms with Crippen molar-refractivity contribution in [2.75, 3.05) is 7.11 Å². The number of carbonyl (C=O) groups excluding carboxylic acids is 2. The zero-order valence-electron chi connectivity index (χ0n) is 20.6. The highest BCUT2D eigenvalue weighted by Gasteiger charge is 2.13. The molecule has 0 aliphatic heterocycles. The van der Waals surface area contributed by atoms with Crippen molar-refractivity contribution in [3.8, 4) is 24.0 Å². The summed E-state index contributed by atoms with van der Waals surface area (Å²) in [6.07, 6.45) is 12.1. The minimum atomic E-state index is -0.342. The standard InChI is InChI=1S/C18H20N2O3.C8H10N2.C2H2/c1-13(12-17(21)23-3)19-18(22)16-6-4-14(5-7-16)15-8-10-20(2)11-9-15;1-6-3-2-4-7(5-6)8(9)10;1-2/h4-11,13H,12H2,1-3H3;2-5H,1H3,(H3,9,10);1-2H/p+1/t13-;;/m1../s1. The Hall–Kier alpha value is -4.44. The van der Waals surface area contributed by atoms with Crippen molar-refractivity contribution in [3.63, 3.8) is 0 Å². The molecule has 0 aliphatic carbocycles. The van der Waals surface area contributed by atoms with Gasteiger partial charge in [0, 0.05) is 29.3 Å². The van der Waals surface area contributed by atoms with Gasteiger partial charge in [0.25, 0.3) is 5.91 Å². The van der Waals surface area contributed by atoms with Gasteiger partial charge in [-0.25, -0.2) is 4.57 Å². The van der Waals surface area contributed by atoms with Gasteiger partial charge in [-0.15, -0.1) is 12.8 Å². The summed E-state index contributed by atoms with van der Waals surface area (Å²) in [6.45, 7) is 3.75. The number of hydrogen-bond donors (Lipinski definition) is 3. The summed E-state index contributed by atoms with van der Waals surface area (Å²) in [6, 6.07) is 18.7. The van der Waals surface area contributed by atoms with Crippen LogP contribution in [0, 0.1) is 25.2 Å². The molecule has 0 spiro atoms. The number of amides is 1. The number of terminal acetylenes is 1. The van der Waals surface area contributed by atoms with Gasteiger partial charge in [-0.3, -0.25) is 15.0 Å². The summed E-state index contributed by atoms with van der Waals surface area (Å²) in [5.41, 5.74) is 9.89. The predicted octanol–water partition coefficient (Wildman–Crippen LogP) is 3.39. The number of methoxy groups -OCH3 is 1. The lowest BCUT2D eigenvalue weighted by molar-refractivity contribution is -0.671. The van der Waals surface area contributed by atoms with Gasteiger partial charge in [-0.2, -0.15) is 0 Å². The van der Waals surface area contributed by atoms with E-state index in [-0.39, 0.29) is 30.2 Å². The van der Waals surface area contributed by atoms with Crippen LogP contribution in [0.3, 0.4) is 0 Å². The number of carbonyl (C=O) groups is 2. The maximum absolute atomic E-state index is 12.2. The van der Waals surface area contributed by atoms with Crippen molar-refractivity contribution >= 4 is 17.7 Å². The largest absolute Gasteiger partial charge is 0.469 e. The summed E-state index contributed by atoms with van der Waals surface area (Å²) in [5, 5.41) is 9.89. The number of nitrogens with two attached hydrogens (primary N) is 1. The third kappa shape index (κ3) is 9.93. The molecule has 2 aromatic carbocycles. The molecule has 1 aromatic heterocycles. The zero-order chi connectivity index (χ0) is 26.4. The number of amidine groups is 1. The van der Waals surface area contributed by atoms with Crippen molar-refractivity contribution in [1.82, 2.24) is 5.32 Å². The number of aryl methyl sites for hydroxylation is 2. The highest BCUT2D eigenvalue weighted by Crippen LogP contribution is 2.18. The second-order valence-electron chi connectivity index (χ2n) is 7.77. The first-order valence-electron chi connectivity index (χ1n) is 10.9. The van der Waals surface area contributed by atoms with Crippen LogP contribution in [0.1, 0.15) is 34.8 Å². The van der Waals surface area contributed by atoms with Crippen LogP contribution in [0.25, 0.3) is 11.1 Å².